The zero-order valence-corrected chi connectivity index (χ0v) is 23.4. The molecule has 1 aromatic heterocycles. The molecular formula is C38H32N4. The van der Waals surface area contributed by atoms with E-state index in [1.807, 2.05) is 30.5 Å². The van der Waals surface area contributed by atoms with Crippen LogP contribution >= 0.6 is 0 Å². The maximum Gasteiger partial charge on any atom is 0.155 e. The predicted molar refractivity (Wildman–Crippen MR) is 173 cm³/mol. The van der Waals surface area contributed by atoms with Gasteiger partial charge in [-0.1, -0.05) is 115 Å². The van der Waals surface area contributed by atoms with E-state index < -0.39 is 0 Å². The summed E-state index contributed by atoms with van der Waals surface area (Å²) in [7, 11) is 0. The van der Waals surface area contributed by atoms with Crippen molar-refractivity contribution in [2.24, 2.45) is 9.98 Å². The van der Waals surface area contributed by atoms with E-state index in [0.717, 1.165) is 53.3 Å². The van der Waals surface area contributed by atoms with Gasteiger partial charge in [0.15, 0.2) is 5.84 Å². The monoisotopic (exact) mass is 544 g/mol. The number of rotatable bonds is 6. The number of hydrogen-bond donors (Lipinski definition) is 1. The molecule has 4 aromatic rings. The van der Waals surface area contributed by atoms with E-state index in [2.05, 4.69) is 120 Å². The van der Waals surface area contributed by atoms with Gasteiger partial charge in [0.2, 0.25) is 0 Å². The Bertz CT molecular complexity index is 1740. The van der Waals surface area contributed by atoms with Gasteiger partial charge >= 0.3 is 0 Å². The highest BCUT2D eigenvalue weighted by Crippen LogP contribution is 2.37. The maximum absolute atomic E-state index is 5.21. The molecule has 0 fully saturated rings. The van der Waals surface area contributed by atoms with Crippen LogP contribution in [0.4, 0.5) is 0 Å². The van der Waals surface area contributed by atoms with Gasteiger partial charge in [0, 0.05) is 23.2 Å². The minimum atomic E-state index is -0.174. The van der Waals surface area contributed by atoms with E-state index in [4.69, 9.17) is 9.98 Å². The average molecular weight is 545 g/mol. The zero-order chi connectivity index (χ0) is 28.1. The SMILES string of the molecule is C1=CC(C2N=C(C3=CC(c4ccc(-c5ccccn5)cc4)=CC(c4ccccc4)C3)N=C(c3ccccc3)N2)=CCC1. The summed E-state index contributed by atoms with van der Waals surface area (Å²) < 4.78 is 0. The van der Waals surface area contributed by atoms with Crippen molar-refractivity contribution in [3.05, 3.63) is 168 Å². The molecule has 2 aliphatic carbocycles. The molecule has 0 saturated heterocycles. The lowest BCUT2D eigenvalue weighted by molar-refractivity contribution is 0.717. The van der Waals surface area contributed by atoms with Crippen molar-refractivity contribution in [1.29, 1.82) is 0 Å². The number of benzene rings is 3. The minimum Gasteiger partial charge on any atom is -0.344 e. The first-order valence-corrected chi connectivity index (χ1v) is 14.6. The molecule has 2 unspecified atom stereocenters. The molecule has 2 atom stereocenters. The molecular weight excluding hydrogens is 512 g/mol. The standard InChI is InChI=1S/C38H32N4/c1-4-12-27(13-5-1)32-24-33(28-19-21-29(22-20-28)35-18-10-11-23-39-35)26-34(25-32)38-41-36(30-14-6-2-7-15-30)40-37(42-38)31-16-8-3-9-17-31/h1-2,4-8,10-24,26,32,37H,3,9,25H2,(H,40,41,42). The first kappa shape index (κ1) is 25.8. The van der Waals surface area contributed by atoms with E-state index in [-0.39, 0.29) is 12.1 Å². The Morgan fingerprint density at radius 2 is 1.48 bits per heavy atom. The second kappa shape index (κ2) is 11.8. The molecule has 0 saturated carbocycles. The molecule has 204 valence electrons. The Kier molecular flexibility index (Phi) is 7.26. The Morgan fingerprint density at radius 3 is 2.21 bits per heavy atom. The van der Waals surface area contributed by atoms with Crippen LogP contribution < -0.4 is 5.32 Å². The Hall–Kier alpha value is -5.09. The molecule has 1 N–H and O–H groups in total. The molecule has 7 rings (SSSR count). The van der Waals surface area contributed by atoms with Gasteiger partial charge in [-0.05, 0) is 65.3 Å². The molecule has 4 heteroatoms. The lowest BCUT2D eigenvalue weighted by Crippen LogP contribution is -2.40. The van der Waals surface area contributed by atoms with Crippen molar-refractivity contribution < 1.29 is 0 Å². The molecule has 0 bridgehead atoms. The number of hydrogen-bond acceptors (Lipinski definition) is 4. The number of aromatic nitrogens is 1. The molecule has 1 aliphatic heterocycles. The fraction of sp³-hybridized carbons (Fsp3) is 0.132. The van der Waals surface area contributed by atoms with Crippen LogP contribution in [0, 0.1) is 0 Å². The molecule has 42 heavy (non-hydrogen) atoms. The van der Waals surface area contributed by atoms with Gasteiger partial charge in [0.25, 0.3) is 0 Å². The smallest absolute Gasteiger partial charge is 0.155 e. The third-order valence-corrected chi connectivity index (χ3v) is 7.97. The fourth-order valence-corrected chi connectivity index (χ4v) is 5.77. The van der Waals surface area contributed by atoms with Gasteiger partial charge in [-0.15, -0.1) is 0 Å². The van der Waals surface area contributed by atoms with E-state index in [0.29, 0.717) is 0 Å². The summed E-state index contributed by atoms with van der Waals surface area (Å²) in [5, 5.41) is 3.61. The molecule has 4 nitrogen and oxygen atoms in total. The lowest BCUT2D eigenvalue weighted by Gasteiger charge is -2.28. The summed E-state index contributed by atoms with van der Waals surface area (Å²) in [4.78, 5) is 14.9. The van der Waals surface area contributed by atoms with Crippen molar-refractivity contribution in [2.45, 2.75) is 31.3 Å². The lowest BCUT2D eigenvalue weighted by atomic mass is 9.83. The van der Waals surface area contributed by atoms with Crippen molar-refractivity contribution in [1.82, 2.24) is 10.3 Å². The second-order valence-electron chi connectivity index (χ2n) is 10.8. The van der Waals surface area contributed by atoms with Gasteiger partial charge in [-0.2, -0.15) is 0 Å². The number of allylic oxidation sites excluding steroid dienone is 5. The van der Waals surface area contributed by atoms with Crippen molar-refractivity contribution in [2.75, 3.05) is 0 Å². The van der Waals surface area contributed by atoms with Crippen molar-refractivity contribution in [3.63, 3.8) is 0 Å². The fourth-order valence-electron chi connectivity index (χ4n) is 5.77. The van der Waals surface area contributed by atoms with Crippen molar-refractivity contribution >= 4 is 17.2 Å². The first-order valence-electron chi connectivity index (χ1n) is 14.6. The van der Waals surface area contributed by atoms with E-state index in [9.17, 15) is 0 Å². The second-order valence-corrected chi connectivity index (χ2v) is 10.8. The van der Waals surface area contributed by atoms with E-state index >= 15 is 0 Å². The number of nitrogens with zero attached hydrogens (tertiary/aromatic N) is 3. The highest BCUT2D eigenvalue weighted by molar-refractivity contribution is 6.14. The summed E-state index contributed by atoms with van der Waals surface area (Å²) in [6.07, 6.45) is 16.0. The number of pyridine rings is 1. The molecule has 3 aliphatic rings. The summed E-state index contributed by atoms with van der Waals surface area (Å²) >= 11 is 0. The maximum atomic E-state index is 5.21. The molecule has 0 amide bonds. The van der Waals surface area contributed by atoms with Crippen LogP contribution in [0.25, 0.3) is 16.8 Å². The molecule has 0 spiro atoms. The Balaban J connectivity index is 1.30. The number of amidine groups is 2. The topological polar surface area (TPSA) is 49.6 Å². The highest BCUT2D eigenvalue weighted by Gasteiger charge is 2.26. The highest BCUT2D eigenvalue weighted by atomic mass is 15.2. The first-order chi connectivity index (χ1) is 20.8. The van der Waals surface area contributed by atoms with E-state index in [1.54, 1.807) is 0 Å². The van der Waals surface area contributed by atoms with Gasteiger partial charge in [-0.25, -0.2) is 9.98 Å². The van der Waals surface area contributed by atoms with Crippen LogP contribution in [0.5, 0.6) is 0 Å². The predicted octanol–water partition coefficient (Wildman–Crippen LogP) is 8.30. The van der Waals surface area contributed by atoms with Crippen LogP contribution in [-0.2, 0) is 0 Å². The molecule has 0 radical (unpaired) electrons. The average Bonchev–Trinajstić information content (AvgIpc) is 3.09. The largest absolute Gasteiger partial charge is 0.344 e. The van der Waals surface area contributed by atoms with Crippen molar-refractivity contribution in [3.8, 4) is 11.3 Å². The molecule has 2 heterocycles. The summed E-state index contributed by atoms with van der Waals surface area (Å²) in [5.74, 6) is 1.88. The van der Waals surface area contributed by atoms with E-state index in [1.165, 1.54) is 22.3 Å². The summed E-state index contributed by atoms with van der Waals surface area (Å²) in [6, 6.07) is 35.8. The normalized spacial score (nSPS) is 20.0. The summed E-state index contributed by atoms with van der Waals surface area (Å²) in [5.41, 5.74) is 9.14. The van der Waals surface area contributed by atoms with Gasteiger partial charge in [-0.3, -0.25) is 4.98 Å². The number of nitrogens with one attached hydrogen (secondary N) is 1. The van der Waals surface area contributed by atoms with Crippen LogP contribution in [0.1, 0.15) is 41.9 Å². The van der Waals surface area contributed by atoms with Crippen LogP contribution in [-0.4, -0.2) is 22.8 Å². The van der Waals surface area contributed by atoms with Gasteiger partial charge in [0.05, 0.1) is 5.69 Å². The Labute approximate surface area is 247 Å². The third kappa shape index (κ3) is 5.57. The van der Waals surface area contributed by atoms with Crippen LogP contribution in [0.15, 0.2) is 161 Å². The quantitative estimate of drug-likeness (QED) is 0.265. The van der Waals surface area contributed by atoms with Crippen LogP contribution in [0.3, 0.4) is 0 Å². The molecule has 3 aromatic carbocycles. The van der Waals surface area contributed by atoms with Gasteiger partial charge in [0.1, 0.15) is 12.0 Å². The minimum absolute atomic E-state index is 0.174. The third-order valence-electron chi connectivity index (χ3n) is 7.97. The summed E-state index contributed by atoms with van der Waals surface area (Å²) in [6.45, 7) is 0. The van der Waals surface area contributed by atoms with Gasteiger partial charge < -0.3 is 5.32 Å². The van der Waals surface area contributed by atoms with Crippen LogP contribution in [0.2, 0.25) is 0 Å². The number of aliphatic imine (C=N–C) groups is 2. The Morgan fingerprint density at radius 1 is 0.714 bits per heavy atom. The zero-order valence-electron chi connectivity index (χ0n) is 23.4.